The topological polar surface area (TPSA) is 4.93 Å². The smallest absolute Gasteiger partial charge is 0.119 e. The molecule has 0 bridgehead atoms. The molecule has 0 unspecified atom stereocenters. The summed E-state index contributed by atoms with van der Waals surface area (Å²) in [5.41, 5.74) is 0.910. The largest absolute Gasteiger partial charge is 0.307 e. The molecule has 1 rings (SSSR count). The minimum Gasteiger partial charge on any atom is -0.307 e. The maximum atomic E-state index is 12.9. The van der Waals surface area contributed by atoms with Crippen LogP contribution in [0.4, 0.5) is 4.39 Å². The van der Waals surface area contributed by atoms with Crippen LogP contribution in [0.1, 0.15) is 25.6 Å². The van der Waals surface area contributed by atoms with Crippen molar-refractivity contribution in [2.75, 3.05) is 0 Å². The number of rotatable bonds is 4. The molecule has 1 heterocycles. The van der Waals surface area contributed by atoms with Gasteiger partial charge in [0.25, 0.3) is 0 Å². The van der Waals surface area contributed by atoms with Crippen molar-refractivity contribution in [3.63, 3.8) is 0 Å². The number of hydrogen-bond acceptors (Lipinski definition) is 1. The number of aryl methyl sites for hydroxylation is 1. The lowest BCUT2D eigenvalue weighted by Crippen LogP contribution is -1.96. The average molecular weight is 241 g/mol. The average Bonchev–Trinajstić information content (AvgIpc) is 2.28. The van der Waals surface area contributed by atoms with E-state index in [1.54, 1.807) is 24.5 Å². The molecule has 3 heteroatoms. The zero-order chi connectivity index (χ0) is 12.6. The Kier molecular flexibility index (Phi) is 7.56. The number of allylic oxidation sites excluding steroid dienone is 5. The molecule has 0 radical (unpaired) electrons. The lowest BCUT2D eigenvalue weighted by molar-refractivity contribution is 0.663. The molecule has 0 N–H and O–H groups in total. The van der Waals surface area contributed by atoms with Crippen LogP contribution in [0.5, 0.6) is 0 Å². The van der Waals surface area contributed by atoms with E-state index in [2.05, 4.69) is 6.58 Å². The summed E-state index contributed by atoms with van der Waals surface area (Å²) >= 11 is 1.67. The van der Waals surface area contributed by atoms with E-state index in [1.807, 2.05) is 31.0 Å². The SMILES string of the molecule is C=C/C(=C\C(F)=C/C)Cc1cn(C)s1.CC. The van der Waals surface area contributed by atoms with Crippen LogP contribution in [0, 0.1) is 0 Å². The third kappa shape index (κ3) is 5.12. The highest BCUT2D eigenvalue weighted by atomic mass is 32.1. The summed E-state index contributed by atoms with van der Waals surface area (Å²) in [4.78, 5) is 1.24. The second-order valence-electron chi connectivity index (χ2n) is 3.01. The molecular formula is C13H20FNS. The van der Waals surface area contributed by atoms with Gasteiger partial charge in [0.05, 0.1) is 0 Å². The second kappa shape index (κ2) is 8.11. The van der Waals surface area contributed by atoms with Crippen LogP contribution in [-0.2, 0) is 13.5 Å². The van der Waals surface area contributed by atoms with Crippen molar-refractivity contribution >= 4 is 11.5 Å². The summed E-state index contributed by atoms with van der Waals surface area (Å²) in [6.07, 6.45) is 7.46. The molecular weight excluding hydrogens is 221 g/mol. The monoisotopic (exact) mass is 241 g/mol. The number of hydrogen-bond donors (Lipinski definition) is 0. The van der Waals surface area contributed by atoms with Crippen LogP contribution in [0.3, 0.4) is 0 Å². The summed E-state index contributed by atoms with van der Waals surface area (Å²) in [5, 5.41) is 0. The lowest BCUT2D eigenvalue weighted by atomic mass is 10.1. The Hall–Kier alpha value is -1.09. The molecule has 0 atom stereocenters. The summed E-state index contributed by atoms with van der Waals surface area (Å²) in [5.74, 6) is -0.210. The van der Waals surface area contributed by atoms with Gasteiger partial charge in [-0.25, -0.2) is 4.39 Å². The standard InChI is InChI=1S/C11H14FNS.C2H6/c1-4-9(6-10(12)5-2)7-11-8-13(3)14-11;1-2/h4-6,8H,1,7H2,2-3H3;1-2H3/b9-6+,10-5+;. The van der Waals surface area contributed by atoms with Gasteiger partial charge >= 0.3 is 0 Å². The number of halogens is 1. The molecule has 16 heavy (non-hydrogen) atoms. The molecule has 0 fully saturated rings. The van der Waals surface area contributed by atoms with Crippen molar-refractivity contribution < 1.29 is 4.39 Å². The lowest BCUT2D eigenvalue weighted by Gasteiger charge is -2.08. The van der Waals surface area contributed by atoms with Crippen LogP contribution in [-0.4, -0.2) is 3.96 Å². The Morgan fingerprint density at radius 3 is 2.50 bits per heavy atom. The maximum Gasteiger partial charge on any atom is 0.119 e. The van der Waals surface area contributed by atoms with Crippen LogP contribution < -0.4 is 0 Å². The van der Waals surface area contributed by atoms with Gasteiger partial charge in [0, 0.05) is 24.5 Å². The van der Waals surface area contributed by atoms with Crippen molar-refractivity contribution in [2.24, 2.45) is 7.05 Å². The number of aromatic nitrogens is 1. The Labute approximate surface area is 102 Å². The van der Waals surface area contributed by atoms with Gasteiger partial charge in [0.2, 0.25) is 0 Å². The fraction of sp³-hybridized carbons (Fsp3) is 0.385. The molecule has 0 saturated heterocycles. The Morgan fingerprint density at radius 2 is 2.12 bits per heavy atom. The van der Waals surface area contributed by atoms with Gasteiger partial charge in [0.15, 0.2) is 0 Å². The van der Waals surface area contributed by atoms with Crippen LogP contribution in [0.2, 0.25) is 0 Å². The summed E-state index contributed by atoms with van der Waals surface area (Å²) in [6, 6.07) is 0. The molecule has 0 aromatic carbocycles. The van der Waals surface area contributed by atoms with Crippen molar-refractivity contribution in [3.05, 3.63) is 47.3 Å². The van der Waals surface area contributed by atoms with Gasteiger partial charge < -0.3 is 3.96 Å². The van der Waals surface area contributed by atoms with Gasteiger partial charge in [-0.05, 0) is 18.6 Å². The predicted octanol–water partition coefficient (Wildman–Crippen LogP) is 4.64. The predicted molar refractivity (Wildman–Crippen MR) is 71.5 cm³/mol. The van der Waals surface area contributed by atoms with E-state index in [-0.39, 0.29) is 5.83 Å². The van der Waals surface area contributed by atoms with E-state index < -0.39 is 0 Å². The Balaban J connectivity index is 0.00000106. The quantitative estimate of drug-likeness (QED) is 0.677. The van der Waals surface area contributed by atoms with Gasteiger partial charge in [0.1, 0.15) is 5.83 Å². The van der Waals surface area contributed by atoms with Crippen molar-refractivity contribution in [1.29, 1.82) is 0 Å². The fourth-order valence-corrected chi connectivity index (χ4v) is 1.94. The molecule has 1 aromatic heterocycles. The summed E-state index contributed by atoms with van der Waals surface area (Å²) < 4.78 is 14.9. The van der Waals surface area contributed by atoms with Crippen LogP contribution >= 0.6 is 11.5 Å². The summed E-state index contributed by atoms with van der Waals surface area (Å²) in [6.45, 7) is 9.34. The molecule has 0 amide bonds. The van der Waals surface area contributed by atoms with Crippen molar-refractivity contribution in [3.8, 4) is 0 Å². The zero-order valence-corrected chi connectivity index (χ0v) is 11.3. The highest BCUT2D eigenvalue weighted by molar-refractivity contribution is 7.07. The maximum absolute atomic E-state index is 12.9. The molecule has 0 saturated carbocycles. The molecule has 0 spiro atoms. The van der Waals surface area contributed by atoms with Gasteiger partial charge in [-0.15, -0.1) is 0 Å². The zero-order valence-electron chi connectivity index (χ0n) is 10.5. The Morgan fingerprint density at radius 1 is 1.56 bits per heavy atom. The van der Waals surface area contributed by atoms with E-state index >= 15 is 0 Å². The molecule has 0 aliphatic heterocycles. The first-order valence-electron chi connectivity index (χ1n) is 5.42. The minimum absolute atomic E-state index is 0.210. The first-order valence-corrected chi connectivity index (χ1v) is 6.19. The molecule has 0 aliphatic rings. The first kappa shape index (κ1) is 14.9. The molecule has 1 nitrogen and oxygen atoms in total. The van der Waals surface area contributed by atoms with E-state index in [0.29, 0.717) is 0 Å². The first-order chi connectivity index (χ1) is 7.65. The highest BCUT2D eigenvalue weighted by Gasteiger charge is 2.02. The van der Waals surface area contributed by atoms with Crippen molar-refractivity contribution in [2.45, 2.75) is 27.2 Å². The van der Waals surface area contributed by atoms with E-state index in [1.165, 1.54) is 17.0 Å². The van der Waals surface area contributed by atoms with Crippen LogP contribution in [0.15, 0.2) is 42.4 Å². The van der Waals surface area contributed by atoms with Crippen LogP contribution in [0.25, 0.3) is 0 Å². The summed E-state index contributed by atoms with van der Waals surface area (Å²) in [7, 11) is 1.98. The van der Waals surface area contributed by atoms with E-state index in [4.69, 9.17) is 0 Å². The second-order valence-corrected chi connectivity index (χ2v) is 4.29. The normalized spacial score (nSPS) is 12.1. The molecule has 1 aromatic rings. The highest BCUT2D eigenvalue weighted by Crippen LogP contribution is 2.18. The van der Waals surface area contributed by atoms with E-state index in [9.17, 15) is 4.39 Å². The van der Waals surface area contributed by atoms with Gasteiger partial charge in [-0.2, -0.15) is 0 Å². The molecule has 90 valence electrons. The minimum atomic E-state index is -0.210. The van der Waals surface area contributed by atoms with Crippen molar-refractivity contribution in [1.82, 2.24) is 3.96 Å². The van der Waals surface area contributed by atoms with E-state index in [0.717, 1.165) is 12.0 Å². The Bertz CT molecular complexity index is 357. The van der Waals surface area contributed by atoms with Gasteiger partial charge in [-0.3, -0.25) is 0 Å². The third-order valence-electron chi connectivity index (χ3n) is 1.83. The molecule has 0 aliphatic carbocycles. The number of nitrogens with zero attached hydrogens (tertiary/aromatic N) is 1. The third-order valence-corrected chi connectivity index (χ3v) is 2.70. The van der Waals surface area contributed by atoms with Gasteiger partial charge in [-0.1, -0.05) is 44.1 Å². The fourth-order valence-electron chi connectivity index (χ4n) is 1.11.